The topological polar surface area (TPSA) is 32.3 Å². The predicted octanol–water partition coefficient (Wildman–Crippen LogP) is 3.23. The average molecular weight is 261 g/mol. The molecular formula is C17H27NO. The van der Waals surface area contributed by atoms with E-state index in [0.717, 1.165) is 0 Å². The number of nitrogens with one attached hydrogen (secondary N) is 1. The zero-order valence-corrected chi connectivity index (χ0v) is 12.4. The van der Waals surface area contributed by atoms with Crippen LogP contribution >= 0.6 is 0 Å². The second-order valence-electron chi connectivity index (χ2n) is 6.16. The van der Waals surface area contributed by atoms with E-state index in [1.807, 2.05) is 0 Å². The maximum absolute atomic E-state index is 9.42. The highest BCUT2D eigenvalue weighted by Gasteiger charge is 2.17. The highest BCUT2D eigenvalue weighted by atomic mass is 16.3. The third-order valence-electron chi connectivity index (χ3n) is 4.34. The molecule has 2 N–H and O–H groups in total. The quantitative estimate of drug-likeness (QED) is 0.853. The normalized spacial score (nSPS) is 18.2. The lowest BCUT2D eigenvalue weighted by atomic mass is 9.89. The summed E-state index contributed by atoms with van der Waals surface area (Å²) in [6.45, 7) is 6.68. The summed E-state index contributed by atoms with van der Waals surface area (Å²) in [5, 5.41) is 13.0. The Kier molecular flexibility index (Phi) is 5.00. The van der Waals surface area contributed by atoms with E-state index in [9.17, 15) is 5.11 Å². The molecule has 2 atom stereocenters. The minimum atomic E-state index is 0.172. The monoisotopic (exact) mass is 261 g/mol. The van der Waals surface area contributed by atoms with E-state index in [-0.39, 0.29) is 12.6 Å². The number of rotatable bonds is 5. The second kappa shape index (κ2) is 6.53. The fourth-order valence-corrected chi connectivity index (χ4v) is 2.90. The van der Waals surface area contributed by atoms with E-state index in [0.29, 0.717) is 12.0 Å². The highest BCUT2D eigenvalue weighted by molar-refractivity contribution is 5.35. The Labute approximate surface area is 117 Å². The van der Waals surface area contributed by atoms with Crippen molar-refractivity contribution in [2.24, 2.45) is 5.92 Å². The Morgan fingerprint density at radius 2 is 1.79 bits per heavy atom. The van der Waals surface area contributed by atoms with Crippen LogP contribution in [0.5, 0.6) is 0 Å². The maximum Gasteiger partial charge on any atom is 0.0587 e. The Bertz CT molecular complexity index is 414. The Morgan fingerprint density at radius 1 is 1.11 bits per heavy atom. The fourth-order valence-electron chi connectivity index (χ4n) is 2.90. The molecule has 0 radical (unpaired) electrons. The van der Waals surface area contributed by atoms with Gasteiger partial charge in [-0.1, -0.05) is 32.0 Å². The van der Waals surface area contributed by atoms with Crippen molar-refractivity contribution in [1.29, 1.82) is 0 Å². The standard InChI is InChI=1S/C17H27NO/c1-12(2)17(11-19)18-13(3)15-9-8-14-6-4-5-7-16(14)10-15/h8-10,12-13,17-19H,4-7,11H2,1-3H3/t13?,17-/m1/s1. The van der Waals surface area contributed by atoms with Gasteiger partial charge in [-0.15, -0.1) is 0 Å². The molecule has 0 spiro atoms. The largest absolute Gasteiger partial charge is 0.395 e. The second-order valence-corrected chi connectivity index (χ2v) is 6.16. The molecule has 0 aliphatic heterocycles. The SMILES string of the molecule is CC(N[C@H](CO)C(C)C)c1ccc2c(c1)CCCC2. The van der Waals surface area contributed by atoms with E-state index in [4.69, 9.17) is 0 Å². The van der Waals surface area contributed by atoms with Gasteiger partial charge in [-0.05, 0) is 55.2 Å². The molecular weight excluding hydrogens is 234 g/mol. The van der Waals surface area contributed by atoms with Gasteiger partial charge in [0.15, 0.2) is 0 Å². The van der Waals surface area contributed by atoms with Gasteiger partial charge in [0.2, 0.25) is 0 Å². The highest BCUT2D eigenvalue weighted by Crippen LogP contribution is 2.25. The Balaban J connectivity index is 2.08. The van der Waals surface area contributed by atoms with Crippen LogP contribution in [0.2, 0.25) is 0 Å². The molecule has 1 unspecified atom stereocenters. The van der Waals surface area contributed by atoms with E-state index in [1.54, 1.807) is 0 Å². The molecule has 1 aromatic rings. The first-order chi connectivity index (χ1) is 9.11. The molecule has 106 valence electrons. The molecule has 1 aliphatic rings. The smallest absolute Gasteiger partial charge is 0.0587 e. The number of hydrogen-bond donors (Lipinski definition) is 2. The molecule has 2 nitrogen and oxygen atoms in total. The van der Waals surface area contributed by atoms with Crippen molar-refractivity contribution in [1.82, 2.24) is 5.32 Å². The molecule has 0 bridgehead atoms. The third kappa shape index (κ3) is 3.58. The molecule has 0 amide bonds. The van der Waals surface area contributed by atoms with Gasteiger partial charge in [-0.3, -0.25) is 0 Å². The van der Waals surface area contributed by atoms with Gasteiger partial charge >= 0.3 is 0 Å². The lowest BCUT2D eigenvalue weighted by Gasteiger charge is -2.26. The third-order valence-corrected chi connectivity index (χ3v) is 4.34. The van der Waals surface area contributed by atoms with Crippen LogP contribution in [0.3, 0.4) is 0 Å². The van der Waals surface area contributed by atoms with Crippen LogP contribution < -0.4 is 5.32 Å². The van der Waals surface area contributed by atoms with Gasteiger partial charge in [0.05, 0.1) is 6.61 Å². The van der Waals surface area contributed by atoms with Crippen LogP contribution in [-0.2, 0) is 12.8 Å². The van der Waals surface area contributed by atoms with Crippen LogP contribution in [0.4, 0.5) is 0 Å². The lowest BCUT2D eigenvalue weighted by molar-refractivity contribution is 0.201. The predicted molar refractivity (Wildman–Crippen MR) is 80.3 cm³/mol. The number of hydrogen-bond acceptors (Lipinski definition) is 2. The van der Waals surface area contributed by atoms with Gasteiger partial charge in [0, 0.05) is 12.1 Å². The lowest BCUT2D eigenvalue weighted by Crippen LogP contribution is -2.38. The van der Waals surface area contributed by atoms with Crippen molar-refractivity contribution in [2.45, 2.75) is 58.5 Å². The first-order valence-corrected chi connectivity index (χ1v) is 7.60. The van der Waals surface area contributed by atoms with E-state index in [2.05, 4.69) is 44.3 Å². The maximum atomic E-state index is 9.42. The number of aliphatic hydroxyl groups excluding tert-OH is 1. The molecule has 1 aromatic carbocycles. The van der Waals surface area contributed by atoms with E-state index < -0.39 is 0 Å². The average Bonchev–Trinajstić information content (AvgIpc) is 2.43. The summed E-state index contributed by atoms with van der Waals surface area (Å²) >= 11 is 0. The van der Waals surface area contributed by atoms with E-state index in [1.165, 1.54) is 42.4 Å². The van der Waals surface area contributed by atoms with Gasteiger partial charge in [0.1, 0.15) is 0 Å². The molecule has 2 heteroatoms. The molecule has 0 saturated heterocycles. The summed E-state index contributed by atoms with van der Waals surface area (Å²) in [5.74, 6) is 0.449. The minimum absolute atomic E-state index is 0.172. The number of fused-ring (bicyclic) bond motifs is 1. The van der Waals surface area contributed by atoms with Crippen LogP contribution in [0.1, 0.15) is 56.3 Å². The van der Waals surface area contributed by atoms with Crippen molar-refractivity contribution in [3.63, 3.8) is 0 Å². The van der Waals surface area contributed by atoms with Gasteiger partial charge in [-0.25, -0.2) is 0 Å². The van der Waals surface area contributed by atoms with E-state index >= 15 is 0 Å². The van der Waals surface area contributed by atoms with Crippen molar-refractivity contribution in [3.05, 3.63) is 34.9 Å². The van der Waals surface area contributed by atoms with Crippen LogP contribution in [0, 0.1) is 5.92 Å². The van der Waals surface area contributed by atoms with Crippen molar-refractivity contribution in [3.8, 4) is 0 Å². The zero-order valence-electron chi connectivity index (χ0n) is 12.4. The number of aliphatic hydroxyl groups is 1. The molecule has 0 saturated carbocycles. The minimum Gasteiger partial charge on any atom is -0.395 e. The van der Waals surface area contributed by atoms with Crippen molar-refractivity contribution in [2.75, 3.05) is 6.61 Å². The summed E-state index contributed by atoms with van der Waals surface area (Å²) in [6, 6.07) is 7.38. The Morgan fingerprint density at radius 3 is 2.42 bits per heavy atom. The van der Waals surface area contributed by atoms with Gasteiger partial charge in [0.25, 0.3) is 0 Å². The fraction of sp³-hybridized carbons (Fsp3) is 0.647. The summed E-state index contributed by atoms with van der Waals surface area (Å²) < 4.78 is 0. The van der Waals surface area contributed by atoms with Crippen LogP contribution in [0.25, 0.3) is 0 Å². The van der Waals surface area contributed by atoms with Crippen LogP contribution in [-0.4, -0.2) is 17.8 Å². The molecule has 0 heterocycles. The Hall–Kier alpha value is -0.860. The van der Waals surface area contributed by atoms with Crippen LogP contribution in [0.15, 0.2) is 18.2 Å². The number of aryl methyl sites for hydroxylation is 2. The molecule has 0 aromatic heterocycles. The number of benzene rings is 1. The summed E-state index contributed by atoms with van der Waals surface area (Å²) in [4.78, 5) is 0. The summed E-state index contributed by atoms with van der Waals surface area (Å²) in [6.07, 6.45) is 5.12. The first-order valence-electron chi connectivity index (χ1n) is 7.60. The van der Waals surface area contributed by atoms with Gasteiger partial charge < -0.3 is 10.4 Å². The molecule has 2 rings (SSSR count). The summed E-state index contributed by atoms with van der Waals surface area (Å²) in [7, 11) is 0. The molecule has 0 fully saturated rings. The molecule has 1 aliphatic carbocycles. The first kappa shape index (κ1) is 14.5. The zero-order chi connectivity index (χ0) is 13.8. The van der Waals surface area contributed by atoms with Crippen molar-refractivity contribution >= 4 is 0 Å². The summed E-state index contributed by atoms with van der Waals surface area (Å²) in [5.41, 5.74) is 4.41. The molecule has 19 heavy (non-hydrogen) atoms. The van der Waals surface area contributed by atoms with Gasteiger partial charge in [-0.2, -0.15) is 0 Å². The van der Waals surface area contributed by atoms with Crippen molar-refractivity contribution < 1.29 is 5.11 Å².